The summed E-state index contributed by atoms with van der Waals surface area (Å²) in [7, 11) is -2.18. The largest absolute Gasteiger partial charge is 0.412 e. The van der Waals surface area contributed by atoms with E-state index in [9.17, 15) is 4.57 Å². The van der Waals surface area contributed by atoms with Crippen LogP contribution in [0.1, 0.15) is 39.5 Å². The summed E-state index contributed by atoms with van der Waals surface area (Å²) in [5.74, 6) is 0. The van der Waals surface area contributed by atoms with Gasteiger partial charge >= 0.3 is 8.25 Å². The molecule has 4 nitrogen and oxygen atoms in total. The third-order valence-corrected chi connectivity index (χ3v) is 2.32. The second-order valence-electron chi connectivity index (χ2n) is 2.65. The van der Waals surface area contributed by atoms with Gasteiger partial charge in [0.2, 0.25) is 0 Å². The van der Waals surface area contributed by atoms with Gasteiger partial charge in [0.05, 0.1) is 13.2 Å². The second kappa shape index (κ2) is 12.1. The molecule has 13 heavy (non-hydrogen) atoms. The van der Waals surface area contributed by atoms with Crippen LogP contribution >= 0.6 is 8.25 Å². The van der Waals surface area contributed by atoms with E-state index in [1.54, 1.807) is 0 Å². The lowest BCUT2D eigenvalue weighted by Gasteiger charge is -2.03. The number of rotatable bonds is 8. The minimum absolute atomic E-state index is 0. The van der Waals surface area contributed by atoms with Gasteiger partial charge in [0.25, 0.3) is 0 Å². The smallest absolute Gasteiger partial charge is 0.319 e. The van der Waals surface area contributed by atoms with Crippen molar-refractivity contribution in [3.63, 3.8) is 0 Å². The molecule has 0 fully saturated rings. The van der Waals surface area contributed by atoms with Crippen molar-refractivity contribution >= 4 is 8.25 Å². The van der Waals surface area contributed by atoms with Crippen LogP contribution in [0.5, 0.6) is 0 Å². The first kappa shape index (κ1) is 15.6. The van der Waals surface area contributed by atoms with E-state index in [1.165, 1.54) is 0 Å². The lowest BCUT2D eigenvalue weighted by atomic mass is 10.4. The summed E-state index contributed by atoms with van der Waals surface area (Å²) in [6, 6.07) is 0. The number of hydrogen-bond donors (Lipinski definition) is 0. The number of unbranched alkanes of at least 4 members (excludes halogenated alkanes) is 2. The Morgan fingerprint density at radius 3 is 1.69 bits per heavy atom. The summed E-state index contributed by atoms with van der Waals surface area (Å²) in [6.07, 6.45) is 4.02. The zero-order valence-electron chi connectivity index (χ0n) is 8.47. The lowest BCUT2D eigenvalue weighted by Crippen LogP contribution is -1.90. The molecule has 5 heteroatoms. The van der Waals surface area contributed by atoms with Gasteiger partial charge in [-0.15, -0.1) is 0 Å². The first-order valence-corrected chi connectivity index (χ1v) is 5.83. The Kier molecular flexibility index (Phi) is 14.5. The lowest BCUT2D eigenvalue weighted by molar-refractivity contribution is 0.221. The Labute approximate surface area is 80.9 Å². The highest BCUT2D eigenvalue weighted by Gasteiger charge is 1.97. The summed E-state index contributed by atoms with van der Waals surface area (Å²) in [4.78, 5) is 0. The standard InChI is InChI=1S/C8H19O3P.H2O/c1-3-5-7-10-12(9)11-8-6-4-2;/h12H,3-8H2,1-2H3;1H2. The molecule has 0 radical (unpaired) electrons. The van der Waals surface area contributed by atoms with Gasteiger partial charge in [-0.05, 0) is 12.8 Å². The van der Waals surface area contributed by atoms with Gasteiger partial charge in [-0.25, -0.2) is 0 Å². The molecule has 0 aromatic rings. The van der Waals surface area contributed by atoms with Gasteiger partial charge in [-0.1, -0.05) is 26.7 Å². The molecule has 0 heterocycles. The molecule has 0 rings (SSSR count). The fourth-order valence-corrected chi connectivity index (χ4v) is 1.35. The molecule has 2 N–H and O–H groups in total. The molecule has 0 aromatic heterocycles. The molecular weight excluding hydrogens is 191 g/mol. The van der Waals surface area contributed by atoms with Crippen LogP contribution in [0.2, 0.25) is 0 Å². The van der Waals surface area contributed by atoms with Crippen molar-refractivity contribution in [1.82, 2.24) is 0 Å². The minimum Gasteiger partial charge on any atom is -0.412 e. The highest BCUT2D eigenvalue weighted by Crippen LogP contribution is 2.24. The SMILES string of the molecule is CCCCO[PH](=O)OCCCC.O. The van der Waals surface area contributed by atoms with Crippen LogP contribution in [-0.2, 0) is 13.6 Å². The Morgan fingerprint density at radius 2 is 1.38 bits per heavy atom. The van der Waals surface area contributed by atoms with Crippen LogP contribution in [0.4, 0.5) is 0 Å². The van der Waals surface area contributed by atoms with Crippen LogP contribution in [0, 0.1) is 0 Å². The molecule has 0 aliphatic rings. The first-order valence-electron chi connectivity index (χ1n) is 4.60. The topological polar surface area (TPSA) is 67.0 Å². The van der Waals surface area contributed by atoms with Gasteiger partial charge in [0.15, 0.2) is 0 Å². The molecule has 0 spiro atoms. The zero-order chi connectivity index (χ0) is 9.23. The predicted molar refractivity (Wildman–Crippen MR) is 54.3 cm³/mol. The van der Waals surface area contributed by atoms with Crippen molar-refractivity contribution in [2.45, 2.75) is 39.5 Å². The molecule has 0 aromatic carbocycles. The molecule has 0 saturated heterocycles. The van der Waals surface area contributed by atoms with Crippen LogP contribution in [-0.4, -0.2) is 18.7 Å². The van der Waals surface area contributed by atoms with Gasteiger partial charge < -0.3 is 14.5 Å². The molecule has 82 valence electrons. The van der Waals surface area contributed by atoms with Crippen molar-refractivity contribution in [3.05, 3.63) is 0 Å². The van der Waals surface area contributed by atoms with E-state index in [0.29, 0.717) is 13.2 Å². The van der Waals surface area contributed by atoms with E-state index in [-0.39, 0.29) is 5.48 Å². The van der Waals surface area contributed by atoms with E-state index < -0.39 is 8.25 Å². The predicted octanol–water partition coefficient (Wildman–Crippen LogP) is 2.18. The third-order valence-electron chi connectivity index (χ3n) is 1.44. The molecule has 0 aliphatic carbocycles. The maximum Gasteiger partial charge on any atom is 0.319 e. The second-order valence-corrected chi connectivity index (χ2v) is 3.73. The van der Waals surface area contributed by atoms with Crippen molar-refractivity contribution in [2.24, 2.45) is 0 Å². The fourth-order valence-electron chi connectivity index (χ4n) is 0.641. The van der Waals surface area contributed by atoms with Crippen molar-refractivity contribution < 1.29 is 19.1 Å². The Hall–Kier alpha value is 0.110. The maximum absolute atomic E-state index is 10.9. The van der Waals surface area contributed by atoms with E-state index in [2.05, 4.69) is 13.8 Å². The minimum atomic E-state index is -2.18. The molecule has 0 aliphatic heterocycles. The third kappa shape index (κ3) is 12.1. The molecule has 0 amide bonds. The maximum atomic E-state index is 10.9. The average molecular weight is 212 g/mol. The van der Waals surface area contributed by atoms with Gasteiger partial charge in [-0.3, -0.25) is 4.57 Å². The molecule has 0 unspecified atom stereocenters. The van der Waals surface area contributed by atoms with Gasteiger partial charge in [-0.2, -0.15) is 0 Å². The summed E-state index contributed by atoms with van der Waals surface area (Å²) in [5, 5.41) is 0. The molecule has 0 atom stereocenters. The van der Waals surface area contributed by atoms with Crippen molar-refractivity contribution in [3.8, 4) is 0 Å². The molecule has 0 bridgehead atoms. The van der Waals surface area contributed by atoms with Crippen molar-refractivity contribution in [1.29, 1.82) is 0 Å². The summed E-state index contributed by atoms with van der Waals surface area (Å²) in [6.45, 7) is 5.25. The van der Waals surface area contributed by atoms with Crippen LogP contribution in [0.15, 0.2) is 0 Å². The average Bonchev–Trinajstić information content (AvgIpc) is 2.06. The van der Waals surface area contributed by atoms with Crippen LogP contribution < -0.4 is 0 Å². The van der Waals surface area contributed by atoms with E-state index >= 15 is 0 Å². The first-order chi connectivity index (χ1) is 5.81. The van der Waals surface area contributed by atoms with Gasteiger partial charge in [0.1, 0.15) is 0 Å². The monoisotopic (exact) mass is 212 g/mol. The fraction of sp³-hybridized carbons (Fsp3) is 1.00. The highest BCUT2D eigenvalue weighted by molar-refractivity contribution is 7.33. The normalized spacial score (nSPS) is 10.1. The highest BCUT2D eigenvalue weighted by atomic mass is 31.1. The molecule has 0 saturated carbocycles. The van der Waals surface area contributed by atoms with E-state index in [1.807, 2.05) is 0 Å². The molecular formula is C8H21O4P. The quantitative estimate of drug-likeness (QED) is 0.457. The Bertz CT molecular complexity index is 107. The zero-order valence-corrected chi connectivity index (χ0v) is 9.47. The van der Waals surface area contributed by atoms with Crippen molar-refractivity contribution in [2.75, 3.05) is 13.2 Å². The number of hydrogen-bond acceptors (Lipinski definition) is 3. The Balaban J connectivity index is 0. The summed E-state index contributed by atoms with van der Waals surface area (Å²) >= 11 is 0. The van der Waals surface area contributed by atoms with E-state index in [4.69, 9.17) is 9.05 Å². The summed E-state index contributed by atoms with van der Waals surface area (Å²) in [5.41, 5.74) is 0. The van der Waals surface area contributed by atoms with E-state index in [0.717, 1.165) is 25.7 Å². The summed E-state index contributed by atoms with van der Waals surface area (Å²) < 4.78 is 20.8. The van der Waals surface area contributed by atoms with Crippen LogP contribution in [0.3, 0.4) is 0 Å². The Morgan fingerprint density at radius 1 is 1.00 bits per heavy atom. The van der Waals surface area contributed by atoms with Crippen LogP contribution in [0.25, 0.3) is 0 Å². The van der Waals surface area contributed by atoms with Gasteiger partial charge in [0, 0.05) is 0 Å².